The van der Waals surface area contributed by atoms with E-state index in [0.29, 0.717) is 17.1 Å². The Labute approximate surface area is 203 Å². The van der Waals surface area contributed by atoms with Crippen LogP contribution in [0, 0.1) is 5.82 Å². The minimum atomic E-state index is -1.03. The fourth-order valence-corrected chi connectivity index (χ4v) is 3.61. The van der Waals surface area contributed by atoms with Crippen molar-refractivity contribution < 1.29 is 18.8 Å². The molecule has 4 aromatic rings. The molecule has 0 aliphatic heterocycles. The molecular formula is C24H18ClFN6O3. The van der Waals surface area contributed by atoms with E-state index in [9.17, 15) is 18.8 Å². The number of nitrogens with one attached hydrogen (secondary N) is 2. The Bertz CT molecular complexity index is 1480. The second-order valence-electron chi connectivity index (χ2n) is 7.43. The molecule has 2 aromatic carbocycles. The van der Waals surface area contributed by atoms with Crippen LogP contribution in [0.5, 0.6) is 0 Å². The van der Waals surface area contributed by atoms with Crippen molar-refractivity contribution in [2.75, 3.05) is 5.32 Å². The summed E-state index contributed by atoms with van der Waals surface area (Å²) in [5, 5.41) is 4.69. The lowest BCUT2D eigenvalue weighted by Gasteiger charge is -2.09. The van der Waals surface area contributed by atoms with E-state index in [1.807, 2.05) is 34.1 Å². The number of hydrogen-bond acceptors (Lipinski definition) is 5. The first-order valence-corrected chi connectivity index (χ1v) is 10.6. The minimum Gasteiger partial charge on any atom is -0.351 e. The number of anilines is 1. The van der Waals surface area contributed by atoms with E-state index in [2.05, 4.69) is 15.3 Å². The molecule has 0 aliphatic rings. The Morgan fingerprint density at radius 3 is 2.63 bits per heavy atom. The number of primary amides is 1. The quantitative estimate of drug-likeness (QED) is 0.354. The molecule has 35 heavy (non-hydrogen) atoms. The number of carbonyl (C=O) groups is 3. The largest absolute Gasteiger partial charge is 0.351 e. The molecule has 2 heterocycles. The molecule has 4 amide bonds. The molecule has 4 rings (SSSR count). The highest BCUT2D eigenvalue weighted by atomic mass is 35.5. The molecule has 0 unspecified atom stereocenters. The average Bonchev–Trinajstić information content (AvgIpc) is 3.20. The molecule has 2 aromatic heterocycles. The number of imidazole rings is 1. The minimum absolute atomic E-state index is 0.197. The Hall–Kier alpha value is -4.57. The number of nitrogens with zero attached hydrogens (tertiary/aromatic N) is 3. The zero-order valence-corrected chi connectivity index (χ0v) is 18.8. The summed E-state index contributed by atoms with van der Waals surface area (Å²) < 4.78 is 15.5. The van der Waals surface area contributed by atoms with E-state index in [1.165, 1.54) is 18.3 Å². The summed E-state index contributed by atoms with van der Waals surface area (Å²) in [6.45, 7) is 0.429. The Balaban J connectivity index is 1.58. The molecule has 0 bridgehead atoms. The fraction of sp³-hybridized carbons (Fsp3) is 0.0417. The SMILES string of the molecule is NC(=O)NC(=O)/C=C/C(=O)Nc1cc(-c2ccc3ncn(Cc4cccc(F)c4)c3c2)c(Cl)cn1. The van der Waals surface area contributed by atoms with E-state index >= 15 is 0 Å². The Kier molecular flexibility index (Phi) is 6.83. The van der Waals surface area contributed by atoms with Gasteiger partial charge in [-0.05, 0) is 41.5 Å². The van der Waals surface area contributed by atoms with Gasteiger partial charge in [-0.2, -0.15) is 0 Å². The predicted octanol–water partition coefficient (Wildman–Crippen LogP) is 3.63. The number of rotatable bonds is 6. The van der Waals surface area contributed by atoms with Crippen LogP contribution < -0.4 is 16.4 Å². The Morgan fingerprint density at radius 1 is 1.06 bits per heavy atom. The zero-order valence-electron chi connectivity index (χ0n) is 18.0. The molecule has 176 valence electrons. The van der Waals surface area contributed by atoms with Crippen LogP contribution in [0.1, 0.15) is 5.56 Å². The van der Waals surface area contributed by atoms with Crippen molar-refractivity contribution in [3.8, 4) is 11.1 Å². The van der Waals surface area contributed by atoms with Gasteiger partial charge in [-0.15, -0.1) is 0 Å². The van der Waals surface area contributed by atoms with Gasteiger partial charge in [0, 0.05) is 30.5 Å². The van der Waals surface area contributed by atoms with Gasteiger partial charge in [0.25, 0.3) is 5.91 Å². The molecular weight excluding hydrogens is 475 g/mol. The third-order valence-corrected chi connectivity index (χ3v) is 5.21. The summed E-state index contributed by atoms with van der Waals surface area (Å²) in [7, 11) is 0. The van der Waals surface area contributed by atoms with Gasteiger partial charge < -0.3 is 15.6 Å². The highest BCUT2D eigenvalue weighted by molar-refractivity contribution is 6.33. The molecule has 0 saturated heterocycles. The van der Waals surface area contributed by atoms with Crippen LogP contribution in [-0.4, -0.2) is 32.4 Å². The number of hydrogen-bond donors (Lipinski definition) is 3. The van der Waals surface area contributed by atoms with Crippen LogP contribution >= 0.6 is 11.6 Å². The molecule has 0 fully saturated rings. The second kappa shape index (κ2) is 10.1. The van der Waals surface area contributed by atoms with Crippen LogP contribution in [0.4, 0.5) is 15.0 Å². The smallest absolute Gasteiger partial charge is 0.319 e. The molecule has 4 N–H and O–H groups in total. The highest BCUT2D eigenvalue weighted by Gasteiger charge is 2.11. The van der Waals surface area contributed by atoms with Crippen LogP contribution in [0.15, 0.2) is 73.2 Å². The van der Waals surface area contributed by atoms with Gasteiger partial charge in [0.1, 0.15) is 11.6 Å². The van der Waals surface area contributed by atoms with Crippen molar-refractivity contribution in [2.45, 2.75) is 6.54 Å². The van der Waals surface area contributed by atoms with Gasteiger partial charge in [0.05, 0.1) is 22.4 Å². The highest BCUT2D eigenvalue weighted by Crippen LogP contribution is 2.31. The van der Waals surface area contributed by atoms with Crippen molar-refractivity contribution in [2.24, 2.45) is 5.73 Å². The summed E-state index contributed by atoms with van der Waals surface area (Å²) in [6.07, 6.45) is 4.88. The summed E-state index contributed by atoms with van der Waals surface area (Å²) in [4.78, 5) is 42.7. The maximum absolute atomic E-state index is 13.6. The lowest BCUT2D eigenvalue weighted by atomic mass is 10.1. The first-order chi connectivity index (χ1) is 16.8. The number of fused-ring (bicyclic) bond motifs is 1. The normalized spacial score (nSPS) is 11.0. The second-order valence-corrected chi connectivity index (χ2v) is 7.84. The average molecular weight is 493 g/mol. The molecule has 9 nitrogen and oxygen atoms in total. The van der Waals surface area contributed by atoms with E-state index in [0.717, 1.165) is 34.3 Å². The van der Waals surface area contributed by atoms with Crippen LogP contribution in [-0.2, 0) is 16.1 Å². The molecule has 0 aliphatic carbocycles. The number of benzene rings is 2. The van der Waals surface area contributed by atoms with Gasteiger partial charge >= 0.3 is 6.03 Å². The number of aromatic nitrogens is 3. The van der Waals surface area contributed by atoms with Crippen LogP contribution in [0.2, 0.25) is 5.02 Å². The standard InChI is InChI=1S/C24H18ClFN6O3/c25-18-11-28-21(30-22(33)6-7-23(34)31-24(27)35)10-17(18)15-4-5-19-20(9-15)32(13-29-19)12-14-2-1-3-16(26)8-14/h1-11,13H,12H2,(H,28,30,33)(H3,27,31,34,35)/b7-6+. The van der Waals surface area contributed by atoms with Gasteiger partial charge in [-0.3, -0.25) is 14.9 Å². The number of imide groups is 1. The molecule has 0 atom stereocenters. The van der Waals surface area contributed by atoms with Crippen molar-refractivity contribution in [1.82, 2.24) is 19.9 Å². The summed E-state index contributed by atoms with van der Waals surface area (Å²) in [5.41, 5.74) is 8.55. The number of halogens is 2. The molecule has 0 saturated carbocycles. The van der Waals surface area contributed by atoms with E-state index in [1.54, 1.807) is 18.5 Å². The first kappa shape index (κ1) is 23.6. The Morgan fingerprint density at radius 2 is 1.86 bits per heavy atom. The predicted molar refractivity (Wildman–Crippen MR) is 129 cm³/mol. The van der Waals surface area contributed by atoms with Gasteiger partial charge in [-0.1, -0.05) is 29.8 Å². The number of carbonyl (C=O) groups excluding carboxylic acids is 3. The summed E-state index contributed by atoms with van der Waals surface area (Å²) in [5.74, 6) is -1.59. The van der Waals surface area contributed by atoms with E-state index in [-0.39, 0.29) is 11.6 Å². The molecule has 0 spiro atoms. The van der Waals surface area contributed by atoms with Crippen molar-refractivity contribution in [1.29, 1.82) is 0 Å². The first-order valence-electron chi connectivity index (χ1n) is 10.2. The third-order valence-electron chi connectivity index (χ3n) is 4.91. The van der Waals surface area contributed by atoms with Gasteiger partial charge in [-0.25, -0.2) is 19.2 Å². The lowest BCUT2D eigenvalue weighted by Crippen LogP contribution is -2.33. The zero-order chi connectivity index (χ0) is 24.9. The monoisotopic (exact) mass is 492 g/mol. The van der Waals surface area contributed by atoms with E-state index in [4.69, 9.17) is 17.3 Å². The van der Waals surface area contributed by atoms with Crippen molar-refractivity contribution in [3.05, 3.63) is 89.6 Å². The number of amides is 4. The summed E-state index contributed by atoms with van der Waals surface area (Å²) >= 11 is 6.38. The van der Waals surface area contributed by atoms with Crippen LogP contribution in [0.3, 0.4) is 0 Å². The van der Waals surface area contributed by atoms with Gasteiger partial charge in [0.2, 0.25) is 5.91 Å². The van der Waals surface area contributed by atoms with Gasteiger partial charge in [0.15, 0.2) is 0 Å². The number of pyridine rings is 1. The fourth-order valence-electron chi connectivity index (χ4n) is 3.39. The van der Waals surface area contributed by atoms with Crippen LogP contribution in [0.25, 0.3) is 22.2 Å². The van der Waals surface area contributed by atoms with Crippen molar-refractivity contribution in [3.63, 3.8) is 0 Å². The maximum Gasteiger partial charge on any atom is 0.319 e. The number of urea groups is 1. The molecule has 11 heteroatoms. The topological polar surface area (TPSA) is 132 Å². The third kappa shape index (κ3) is 5.87. The van der Waals surface area contributed by atoms with Crippen molar-refractivity contribution >= 4 is 46.3 Å². The lowest BCUT2D eigenvalue weighted by molar-refractivity contribution is -0.116. The number of nitrogens with two attached hydrogens (primary N) is 1. The maximum atomic E-state index is 13.6. The molecule has 0 radical (unpaired) electrons. The summed E-state index contributed by atoms with van der Waals surface area (Å²) in [6, 6.07) is 12.5. The van der Waals surface area contributed by atoms with E-state index < -0.39 is 17.8 Å².